The van der Waals surface area contributed by atoms with Gasteiger partial charge in [0.2, 0.25) is 0 Å². The van der Waals surface area contributed by atoms with Crippen molar-refractivity contribution in [3.8, 4) is 0 Å². The van der Waals surface area contributed by atoms with Gasteiger partial charge in [0.25, 0.3) is 0 Å². The van der Waals surface area contributed by atoms with Crippen molar-refractivity contribution in [1.29, 1.82) is 0 Å². The van der Waals surface area contributed by atoms with Crippen molar-refractivity contribution in [2.75, 3.05) is 6.61 Å². The Morgan fingerprint density at radius 2 is 1.47 bits per heavy atom. The summed E-state index contributed by atoms with van der Waals surface area (Å²) in [7, 11) is -1.84. The van der Waals surface area contributed by atoms with Crippen molar-refractivity contribution in [2.45, 2.75) is 89.8 Å². The van der Waals surface area contributed by atoms with Gasteiger partial charge < -0.3 is 14.3 Å². The zero-order chi connectivity index (χ0) is 14.8. The first-order valence-electron chi connectivity index (χ1n) is 7.69. The predicted molar refractivity (Wildman–Crippen MR) is 82.0 cm³/mol. The smallest absolute Gasteiger partial charge is 0.200 e. The zero-order valence-electron chi connectivity index (χ0n) is 13.6. The fraction of sp³-hybridized carbons (Fsp3) is 1.00. The number of epoxide rings is 1. The minimum absolute atomic E-state index is 0.242. The Hall–Kier alpha value is 0.0969. The number of rotatable bonds is 8. The molecule has 1 heterocycles. The third-order valence-electron chi connectivity index (χ3n) is 4.57. The van der Waals surface area contributed by atoms with E-state index in [2.05, 4.69) is 41.5 Å². The molecule has 3 atom stereocenters. The third kappa shape index (κ3) is 4.03. The Bertz CT molecular complexity index is 257. The van der Waals surface area contributed by atoms with Crippen molar-refractivity contribution in [3.05, 3.63) is 0 Å². The molecule has 1 N–H and O–H groups in total. The summed E-state index contributed by atoms with van der Waals surface area (Å²) in [6, 6.07) is 0. The van der Waals surface area contributed by atoms with E-state index in [0.717, 1.165) is 0 Å². The molecule has 0 unspecified atom stereocenters. The lowest BCUT2D eigenvalue weighted by Crippen LogP contribution is -2.49. The second kappa shape index (κ2) is 6.70. The van der Waals surface area contributed by atoms with E-state index in [9.17, 15) is 5.11 Å². The second-order valence-corrected chi connectivity index (χ2v) is 12.4. The van der Waals surface area contributed by atoms with Crippen molar-refractivity contribution >= 4 is 8.32 Å². The Kier molecular flexibility index (Phi) is 6.05. The summed E-state index contributed by atoms with van der Waals surface area (Å²) in [4.78, 5) is 0. The van der Waals surface area contributed by atoms with Crippen LogP contribution in [0.4, 0.5) is 0 Å². The first-order chi connectivity index (χ1) is 8.71. The molecule has 0 aromatic carbocycles. The molecule has 1 saturated heterocycles. The summed E-state index contributed by atoms with van der Waals surface area (Å²) in [6.45, 7) is 16.1. The van der Waals surface area contributed by atoms with Gasteiger partial charge in [-0.05, 0) is 23.5 Å². The van der Waals surface area contributed by atoms with Gasteiger partial charge in [0.05, 0.1) is 24.9 Å². The highest BCUT2D eigenvalue weighted by Crippen LogP contribution is 2.42. The van der Waals surface area contributed by atoms with E-state index in [1.54, 1.807) is 0 Å². The summed E-state index contributed by atoms with van der Waals surface area (Å²) >= 11 is 0. The molecule has 1 aliphatic rings. The van der Waals surface area contributed by atoms with Crippen LogP contribution in [-0.4, -0.2) is 38.3 Å². The van der Waals surface area contributed by atoms with Gasteiger partial charge in [0.1, 0.15) is 0 Å². The van der Waals surface area contributed by atoms with Gasteiger partial charge in [-0.3, -0.25) is 0 Å². The molecule has 0 aromatic rings. The van der Waals surface area contributed by atoms with Gasteiger partial charge in [-0.25, -0.2) is 0 Å². The van der Waals surface area contributed by atoms with E-state index in [1.165, 1.54) is 0 Å². The zero-order valence-corrected chi connectivity index (χ0v) is 14.6. The van der Waals surface area contributed by atoms with E-state index < -0.39 is 14.4 Å². The molecule has 4 heteroatoms. The Labute approximate surface area is 119 Å². The van der Waals surface area contributed by atoms with Crippen molar-refractivity contribution in [2.24, 2.45) is 0 Å². The quantitative estimate of drug-likeness (QED) is 0.547. The summed E-state index contributed by atoms with van der Waals surface area (Å²) in [5.74, 6) is 0. The molecule has 0 aromatic heterocycles. The highest BCUT2D eigenvalue weighted by atomic mass is 28.4. The molecule has 0 radical (unpaired) electrons. The molecule has 1 aliphatic heterocycles. The van der Waals surface area contributed by atoms with Gasteiger partial charge in [-0.15, -0.1) is 0 Å². The van der Waals surface area contributed by atoms with Crippen LogP contribution in [0.5, 0.6) is 0 Å². The molecule has 0 saturated carbocycles. The van der Waals surface area contributed by atoms with E-state index in [1.807, 2.05) is 6.92 Å². The van der Waals surface area contributed by atoms with Gasteiger partial charge in [-0.2, -0.15) is 0 Å². The number of aliphatic hydroxyl groups is 1. The Balaban J connectivity index is 2.57. The molecule has 0 spiro atoms. The SMILES string of the molecule is CC(C)[Si](OC[C@@H](O)C[C@@H]1O[C@@H]1C)(C(C)C)C(C)C. The lowest BCUT2D eigenvalue weighted by molar-refractivity contribution is 0.0838. The van der Waals surface area contributed by atoms with E-state index >= 15 is 0 Å². The number of hydrogen-bond acceptors (Lipinski definition) is 3. The van der Waals surface area contributed by atoms with Crippen LogP contribution in [0.1, 0.15) is 54.9 Å². The topological polar surface area (TPSA) is 42.0 Å². The molecule has 0 aliphatic carbocycles. The van der Waals surface area contributed by atoms with Crippen LogP contribution in [0.15, 0.2) is 0 Å². The van der Waals surface area contributed by atoms with Crippen molar-refractivity contribution < 1.29 is 14.3 Å². The fourth-order valence-corrected chi connectivity index (χ4v) is 9.04. The maximum absolute atomic E-state index is 10.1. The van der Waals surface area contributed by atoms with Gasteiger partial charge >= 0.3 is 0 Å². The van der Waals surface area contributed by atoms with Gasteiger partial charge in [-0.1, -0.05) is 41.5 Å². The van der Waals surface area contributed by atoms with Gasteiger partial charge in [0, 0.05) is 6.42 Å². The molecule has 1 rings (SSSR count). The highest BCUT2D eigenvalue weighted by Gasteiger charge is 2.45. The van der Waals surface area contributed by atoms with E-state index in [-0.39, 0.29) is 6.10 Å². The van der Waals surface area contributed by atoms with Crippen molar-refractivity contribution in [1.82, 2.24) is 0 Å². The average molecular weight is 289 g/mol. The van der Waals surface area contributed by atoms with E-state index in [4.69, 9.17) is 9.16 Å². The first kappa shape index (κ1) is 17.1. The summed E-state index contributed by atoms with van der Waals surface area (Å²) in [5.41, 5.74) is 1.70. The minimum Gasteiger partial charge on any atom is -0.413 e. The van der Waals surface area contributed by atoms with Crippen LogP contribution in [0.25, 0.3) is 0 Å². The van der Waals surface area contributed by atoms with Crippen LogP contribution in [-0.2, 0) is 9.16 Å². The normalized spacial score (nSPS) is 25.4. The van der Waals surface area contributed by atoms with Crippen molar-refractivity contribution in [3.63, 3.8) is 0 Å². The maximum atomic E-state index is 10.1. The van der Waals surface area contributed by atoms with Crippen LogP contribution < -0.4 is 0 Å². The second-order valence-electron chi connectivity index (χ2n) is 6.90. The molecular weight excluding hydrogens is 256 g/mol. The monoisotopic (exact) mass is 288 g/mol. The molecule has 19 heavy (non-hydrogen) atoms. The fourth-order valence-electron chi connectivity index (χ4n) is 3.55. The number of aliphatic hydroxyl groups excluding tert-OH is 1. The molecule has 3 nitrogen and oxygen atoms in total. The minimum atomic E-state index is -1.84. The number of hydrogen-bond donors (Lipinski definition) is 1. The molecule has 0 bridgehead atoms. The molecule has 114 valence electrons. The Morgan fingerprint density at radius 1 is 1.05 bits per heavy atom. The van der Waals surface area contributed by atoms with Crippen LogP contribution in [0.2, 0.25) is 16.6 Å². The maximum Gasteiger partial charge on any atom is 0.200 e. The highest BCUT2D eigenvalue weighted by molar-refractivity contribution is 6.77. The molecule has 0 amide bonds. The van der Waals surface area contributed by atoms with Gasteiger partial charge in [0.15, 0.2) is 8.32 Å². The van der Waals surface area contributed by atoms with Crippen LogP contribution in [0.3, 0.4) is 0 Å². The standard InChI is InChI=1S/C15H32O3Si/c1-10(2)19(11(3)4,12(5)6)17-9-14(16)8-15-13(7)18-15/h10-16H,8-9H2,1-7H3/t13-,14+,15+/m1/s1. The third-order valence-corrected chi connectivity index (χ3v) is 10.7. The summed E-state index contributed by atoms with van der Waals surface area (Å²) in [6.07, 6.45) is 0.877. The molecular formula is C15H32O3Si. The summed E-state index contributed by atoms with van der Waals surface area (Å²) in [5, 5.41) is 10.1. The van der Waals surface area contributed by atoms with Crippen LogP contribution in [0, 0.1) is 0 Å². The molecule has 1 fully saturated rings. The van der Waals surface area contributed by atoms with Crippen LogP contribution >= 0.6 is 0 Å². The average Bonchev–Trinajstić information content (AvgIpc) is 2.93. The predicted octanol–water partition coefficient (Wildman–Crippen LogP) is 3.72. The van der Waals surface area contributed by atoms with E-state index in [0.29, 0.717) is 35.8 Å². The summed E-state index contributed by atoms with van der Waals surface area (Å²) < 4.78 is 11.7. The lowest BCUT2D eigenvalue weighted by Gasteiger charge is -2.42. The Morgan fingerprint density at radius 3 is 1.79 bits per heavy atom. The lowest BCUT2D eigenvalue weighted by atomic mass is 10.2. The first-order valence-corrected chi connectivity index (χ1v) is 9.83. The largest absolute Gasteiger partial charge is 0.413 e. The number of ether oxygens (including phenoxy) is 1.